The summed E-state index contributed by atoms with van der Waals surface area (Å²) in [6.07, 6.45) is 0.947. The second-order valence-electron chi connectivity index (χ2n) is 6.82. The van der Waals surface area contributed by atoms with Gasteiger partial charge in [-0.1, -0.05) is 19.1 Å². The van der Waals surface area contributed by atoms with Crippen molar-refractivity contribution in [2.75, 3.05) is 33.3 Å². The van der Waals surface area contributed by atoms with Gasteiger partial charge in [0.15, 0.2) is 23.9 Å². The zero-order valence-electron chi connectivity index (χ0n) is 18.4. The van der Waals surface area contributed by atoms with E-state index in [1.165, 1.54) is 5.56 Å². The summed E-state index contributed by atoms with van der Waals surface area (Å²) in [5, 5.41) is 9.96. The molecule has 31 heavy (non-hydrogen) atoms. The van der Waals surface area contributed by atoms with Gasteiger partial charge < -0.3 is 24.3 Å². The van der Waals surface area contributed by atoms with Crippen molar-refractivity contribution in [1.29, 1.82) is 0 Å². The number of aromatic amines is 1. The van der Waals surface area contributed by atoms with Crippen LogP contribution in [0.2, 0.25) is 0 Å². The number of aryl methyl sites for hydroxylation is 2. The van der Waals surface area contributed by atoms with E-state index in [4.69, 9.17) is 18.9 Å². The van der Waals surface area contributed by atoms with E-state index in [9.17, 15) is 4.79 Å². The average Bonchev–Trinajstić information content (AvgIpc) is 3.16. The molecule has 0 bridgehead atoms. The van der Waals surface area contributed by atoms with E-state index >= 15 is 0 Å². The molecule has 2 N–H and O–H groups in total. The summed E-state index contributed by atoms with van der Waals surface area (Å²) in [5.41, 5.74) is 3.46. The summed E-state index contributed by atoms with van der Waals surface area (Å²) in [6, 6.07) is 11.3. The predicted octanol–water partition coefficient (Wildman–Crippen LogP) is 3.99. The molecule has 0 aliphatic rings. The summed E-state index contributed by atoms with van der Waals surface area (Å²) in [4.78, 5) is 12.5. The molecule has 1 heterocycles. The molecular formula is C23H27N3O5. The number of hydrogen-bond donors (Lipinski definition) is 2. The molecule has 3 aromatic rings. The first kappa shape index (κ1) is 22.0. The predicted molar refractivity (Wildman–Crippen MR) is 118 cm³/mol. The maximum Gasteiger partial charge on any atom is 0.263 e. The van der Waals surface area contributed by atoms with Gasteiger partial charge in [0, 0.05) is 11.3 Å². The van der Waals surface area contributed by atoms with E-state index in [1.54, 1.807) is 33.5 Å². The molecule has 1 amide bonds. The van der Waals surface area contributed by atoms with Crippen molar-refractivity contribution in [2.24, 2.45) is 0 Å². The molecule has 0 radical (unpaired) electrons. The topological polar surface area (TPSA) is 94.7 Å². The molecule has 0 saturated carbocycles. The third-order valence-electron chi connectivity index (χ3n) is 4.86. The number of anilines is 1. The van der Waals surface area contributed by atoms with Crippen LogP contribution in [0.25, 0.3) is 11.1 Å². The molecule has 3 rings (SSSR count). The van der Waals surface area contributed by atoms with Crippen LogP contribution in [0.5, 0.6) is 23.0 Å². The molecular weight excluding hydrogens is 398 g/mol. The Balaban J connectivity index is 1.80. The van der Waals surface area contributed by atoms with Gasteiger partial charge >= 0.3 is 0 Å². The molecule has 1 aromatic heterocycles. The first-order valence-corrected chi connectivity index (χ1v) is 9.87. The number of H-pyrrole nitrogens is 1. The van der Waals surface area contributed by atoms with Gasteiger partial charge in [-0.25, -0.2) is 0 Å². The number of carbonyl (C=O) groups is 1. The lowest BCUT2D eigenvalue weighted by molar-refractivity contribution is -0.118. The molecule has 0 atom stereocenters. The first-order chi connectivity index (χ1) is 15.0. The minimum atomic E-state index is -0.320. The number of methoxy groups -OCH3 is 3. The molecule has 8 nitrogen and oxygen atoms in total. The van der Waals surface area contributed by atoms with Crippen LogP contribution in [0.3, 0.4) is 0 Å². The number of nitrogens with zero attached hydrogens (tertiary/aromatic N) is 1. The summed E-state index contributed by atoms with van der Waals surface area (Å²) in [5.74, 6) is 2.21. The van der Waals surface area contributed by atoms with Crippen molar-refractivity contribution >= 4 is 11.7 Å². The molecule has 0 unspecified atom stereocenters. The third kappa shape index (κ3) is 4.91. The van der Waals surface area contributed by atoms with E-state index in [1.807, 2.05) is 31.2 Å². The van der Waals surface area contributed by atoms with E-state index in [-0.39, 0.29) is 12.5 Å². The highest BCUT2D eigenvalue weighted by Gasteiger charge is 2.20. The van der Waals surface area contributed by atoms with Crippen molar-refractivity contribution in [3.63, 3.8) is 0 Å². The Morgan fingerprint density at radius 3 is 2.23 bits per heavy atom. The normalized spacial score (nSPS) is 10.5. The Kier molecular flexibility index (Phi) is 7.02. The quantitative estimate of drug-likeness (QED) is 0.538. The Labute approximate surface area is 181 Å². The van der Waals surface area contributed by atoms with Crippen LogP contribution in [0.4, 0.5) is 5.82 Å². The van der Waals surface area contributed by atoms with Crippen molar-refractivity contribution in [3.05, 3.63) is 47.7 Å². The van der Waals surface area contributed by atoms with Crippen molar-refractivity contribution < 1.29 is 23.7 Å². The number of nitrogens with one attached hydrogen (secondary N) is 2. The van der Waals surface area contributed by atoms with Crippen LogP contribution in [0.1, 0.15) is 18.2 Å². The van der Waals surface area contributed by atoms with Crippen LogP contribution in [0, 0.1) is 6.92 Å². The molecule has 0 spiro atoms. The molecule has 0 aliphatic heterocycles. The molecule has 164 valence electrons. The number of hydrogen-bond acceptors (Lipinski definition) is 6. The third-order valence-corrected chi connectivity index (χ3v) is 4.86. The second kappa shape index (κ2) is 9.88. The lowest BCUT2D eigenvalue weighted by Gasteiger charge is -2.15. The smallest absolute Gasteiger partial charge is 0.263 e. The summed E-state index contributed by atoms with van der Waals surface area (Å²) in [7, 11) is 4.65. The Morgan fingerprint density at radius 1 is 1.03 bits per heavy atom. The zero-order chi connectivity index (χ0) is 22.4. The van der Waals surface area contributed by atoms with Crippen molar-refractivity contribution in [1.82, 2.24) is 10.2 Å². The Bertz CT molecular complexity index is 1020. The summed E-state index contributed by atoms with van der Waals surface area (Å²) < 4.78 is 21.9. The molecule has 2 aromatic carbocycles. The van der Waals surface area contributed by atoms with Gasteiger partial charge in [0.25, 0.3) is 5.91 Å². The lowest BCUT2D eigenvalue weighted by Crippen LogP contribution is -2.20. The number of ether oxygens (including phenoxy) is 4. The lowest BCUT2D eigenvalue weighted by atomic mass is 10.0. The number of rotatable bonds is 9. The van der Waals surface area contributed by atoms with Gasteiger partial charge in [-0.15, -0.1) is 0 Å². The van der Waals surface area contributed by atoms with Crippen LogP contribution < -0.4 is 24.3 Å². The van der Waals surface area contributed by atoms with Crippen LogP contribution >= 0.6 is 0 Å². The number of carbonyl (C=O) groups excluding carboxylic acids is 1. The highest BCUT2D eigenvalue weighted by molar-refractivity contribution is 5.95. The standard InChI is InChI=1S/C23H27N3O5/c1-6-15-7-9-17(10-8-15)31-13-20(27)24-23-21(14(2)25-26-23)16-11-18(28-3)22(30-5)19(12-16)29-4/h7-12H,6,13H2,1-5H3,(H2,24,25,26,27). The van der Waals surface area contributed by atoms with Gasteiger partial charge in [0.05, 0.1) is 21.3 Å². The van der Waals surface area contributed by atoms with Crippen LogP contribution in [0.15, 0.2) is 36.4 Å². The monoisotopic (exact) mass is 425 g/mol. The highest BCUT2D eigenvalue weighted by atomic mass is 16.5. The fourth-order valence-electron chi connectivity index (χ4n) is 3.24. The second-order valence-corrected chi connectivity index (χ2v) is 6.82. The van der Waals surface area contributed by atoms with E-state index in [0.29, 0.717) is 28.8 Å². The maximum atomic E-state index is 12.5. The SMILES string of the molecule is CCc1ccc(OCC(=O)Nc2n[nH]c(C)c2-c2cc(OC)c(OC)c(OC)c2)cc1. The molecule has 8 heteroatoms. The molecule has 0 fully saturated rings. The van der Waals surface area contributed by atoms with Gasteiger partial charge in [0.2, 0.25) is 5.75 Å². The van der Waals surface area contributed by atoms with Crippen LogP contribution in [-0.4, -0.2) is 44.0 Å². The van der Waals surface area contributed by atoms with E-state index in [2.05, 4.69) is 22.4 Å². The number of benzene rings is 2. The number of amides is 1. The van der Waals surface area contributed by atoms with Crippen LogP contribution in [-0.2, 0) is 11.2 Å². The first-order valence-electron chi connectivity index (χ1n) is 9.87. The maximum absolute atomic E-state index is 12.5. The highest BCUT2D eigenvalue weighted by Crippen LogP contribution is 2.43. The fraction of sp³-hybridized carbons (Fsp3) is 0.304. The fourth-order valence-corrected chi connectivity index (χ4v) is 3.24. The largest absolute Gasteiger partial charge is 0.493 e. The van der Waals surface area contributed by atoms with E-state index in [0.717, 1.165) is 23.2 Å². The minimum absolute atomic E-state index is 0.133. The Morgan fingerprint density at radius 2 is 1.68 bits per heavy atom. The van der Waals surface area contributed by atoms with Crippen molar-refractivity contribution in [2.45, 2.75) is 20.3 Å². The molecule has 0 saturated heterocycles. The van der Waals surface area contributed by atoms with Gasteiger partial charge in [-0.2, -0.15) is 5.10 Å². The van der Waals surface area contributed by atoms with E-state index < -0.39 is 0 Å². The zero-order valence-corrected chi connectivity index (χ0v) is 18.4. The molecule has 0 aliphatic carbocycles. The average molecular weight is 425 g/mol. The van der Waals surface area contributed by atoms with Gasteiger partial charge in [0.1, 0.15) is 5.75 Å². The van der Waals surface area contributed by atoms with Gasteiger partial charge in [-0.3, -0.25) is 9.89 Å². The summed E-state index contributed by atoms with van der Waals surface area (Å²) in [6.45, 7) is 3.82. The van der Waals surface area contributed by atoms with Crippen molar-refractivity contribution in [3.8, 4) is 34.1 Å². The summed E-state index contributed by atoms with van der Waals surface area (Å²) >= 11 is 0. The number of aromatic nitrogens is 2. The Hall–Kier alpha value is -3.68. The minimum Gasteiger partial charge on any atom is -0.493 e. The van der Waals surface area contributed by atoms with Gasteiger partial charge in [-0.05, 0) is 48.7 Å².